The summed E-state index contributed by atoms with van der Waals surface area (Å²) in [6.45, 7) is 8.61. The van der Waals surface area contributed by atoms with Crippen LogP contribution in [0.5, 0.6) is 0 Å². The number of piperazine rings is 1. The first kappa shape index (κ1) is 28.3. The third kappa shape index (κ3) is 4.02. The number of hydrogen-bond donors (Lipinski definition) is 2. The first-order chi connectivity index (χ1) is 21.0. The minimum absolute atomic E-state index is 0.0144. The number of aryl methyl sites for hydroxylation is 1. The van der Waals surface area contributed by atoms with E-state index in [2.05, 4.69) is 15.3 Å². The van der Waals surface area contributed by atoms with E-state index < -0.39 is 23.2 Å². The summed E-state index contributed by atoms with van der Waals surface area (Å²) in [5.41, 5.74) is 8.50. The van der Waals surface area contributed by atoms with Crippen molar-refractivity contribution in [3.05, 3.63) is 63.7 Å². The number of halogens is 2. The topological polar surface area (TPSA) is 122 Å². The molecule has 0 saturated carbocycles. The number of carbonyl (C=O) groups excluding carboxylic acids is 1. The first-order valence-corrected chi connectivity index (χ1v) is 15.2. The van der Waals surface area contributed by atoms with Gasteiger partial charge in [0.25, 0.3) is 11.5 Å². The second kappa shape index (κ2) is 10.0. The Labute approximate surface area is 255 Å². The summed E-state index contributed by atoms with van der Waals surface area (Å²) in [6.07, 6.45) is 1.68. The number of hydrogen-bond acceptors (Lipinski definition) is 9. The lowest BCUT2D eigenvalue weighted by Gasteiger charge is -2.46. The summed E-state index contributed by atoms with van der Waals surface area (Å²) in [7, 11) is 1.58. The monoisotopic (exact) mass is 616 g/mol. The average Bonchev–Trinajstić information content (AvgIpc) is 3.38. The molecule has 2 aliphatic heterocycles. The van der Waals surface area contributed by atoms with Gasteiger partial charge in [0.15, 0.2) is 10.8 Å². The summed E-state index contributed by atoms with van der Waals surface area (Å²) in [6, 6.07) is 5.24. The number of anilines is 3. The highest BCUT2D eigenvalue weighted by atomic mass is 32.1. The number of pyridine rings is 3. The van der Waals surface area contributed by atoms with E-state index in [1.807, 2.05) is 32.6 Å². The fourth-order valence-corrected chi connectivity index (χ4v) is 7.19. The number of nitrogens with zero attached hydrogens (tertiary/aromatic N) is 6. The molecule has 13 heteroatoms. The van der Waals surface area contributed by atoms with Gasteiger partial charge < -0.3 is 20.9 Å². The van der Waals surface area contributed by atoms with Crippen LogP contribution in [-0.4, -0.2) is 57.6 Å². The Morgan fingerprint density at radius 2 is 1.86 bits per heavy atom. The maximum absolute atomic E-state index is 16.4. The lowest BCUT2D eigenvalue weighted by atomic mass is 9.99. The Hall–Kier alpha value is -4.49. The molecule has 0 aliphatic carbocycles. The number of fused-ring (bicyclic) bond motifs is 6. The number of nitrogens with two attached hydrogens (primary N) is 1. The standard InChI is InChI=1S/C31H30F2N8O2S/c1-13(2)21-24(14(3)8-9-35-21)41-28-17(25-26(30(41)43)39(5)29(42)20-11-36-15(4)12-40(20)25)10-19(33)22(37-28)16-6-7-18(32)27-23(16)38-31(34)44-27/h6-10,13,15,20,36H,11-12H2,1-5H3,(H2,34,38)/t15-,20-/m1/s1. The molecule has 1 fully saturated rings. The van der Waals surface area contributed by atoms with Crippen molar-refractivity contribution < 1.29 is 13.6 Å². The van der Waals surface area contributed by atoms with E-state index in [-0.39, 0.29) is 55.8 Å². The summed E-state index contributed by atoms with van der Waals surface area (Å²) in [4.78, 5) is 45.4. The zero-order valence-electron chi connectivity index (χ0n) is 24.8. The number of nitrogen functional groups attached to an aromatic ring is 1. The number of likely N-dealkylation sites (N-methyl/N-ethyl adjacent to an activating group) is 1. The molecule has 4 aromatic heterocycles. The predicted molar refractivity (Wildman–Crippen MR) is 169 cm³/mol. The van der Waals surface area contributed by atoms with Gasteiger partial charge in [0.2, 0.25) is 0 Å². The molecule has 3 N–H and O–H groups in total. The second-order valence-corrected chi connectivity index (χ2v) is 12.8. The number of amides is 1. The van der Waals surface area contributed by atoms with Crippen LogP contribution in [0.4, 0.5) is 25.3 Å². The molecule has 5 aromatic rings. The Kier molecular flexibility index (Phi) is 6.45. The van der Waals surface area contributed by atoms with Gasteiger partial charge in [-0.3, -0.25) is 19.1 Å². The molecule has 1 aromatic carbocycles. The van der Waals surface area contributed by atoms with Gasteiger partial charge in [0, 0.05) is 43.3 Å². The molecule has 2 atom stereocenters. The van der Waals surface area contributed by atoms with E-state index in [0.29, 0.717) is 35.5 Å². The Bertz CT molecular complexity index is 2090. The third-order valence-corrected chi connectivity index (χ3v) is 9.38. The summed E-state index contributed by atoms with van der Waals surface area (Å²) >= 11 is 0.966. The molecule has 2 aliphatic rings. The molecule has 1 saturated heterocycles. The summed E-state index contributed by atoms with van der Waals surface area (Å²) in [5, 5.41) is 3.84. The van der Waals surface area contributed by atoms with Crippen LogP contribution in [0.25, 0.3) is 38.2 Å². The minimum atomic E-state index is -0.685. The summed E-state index contributed by atoms with van der Waals surface area (Å²) in [5.74, 6) is -1.51. The fraction of sp³-hybridized carbons (Fsp3) is 0.323. The molecule has 0 radical (unpaired) electrons. The van der Waals surface area contributed by atoms with E-state index in [1.165, 1.54) is 27.7 Å². The highest BCUT2D eigenvalue weighted by molar-refractivity contribution is 7.22. The van der Waals surface area contributed by atoms with E-state index in [4.69, 9.17) is 10.7 Å². The van der Waals surface area contributed by atoms with Crippen LogP contribution in [0.1, 0.15) is 37.9 Å². The lowest BCUT2D eigenvalue weighted by Crippen LogP contribution is -2.64. The highest BCUT2D eigenvalue weighted by Gasteiger charge is 2.43. The number of nitrogens with one attached hydrogen (secondary N) is 1. The van der Waals surface area contributed by atoms with Gasteiger partial charge in [-0.25, -0.2) is 18.7 Å². The van der Waals surface area contributed by atoms with E-state index in [9.17, 15) is 14.0 Å². The van der Waals surface area contributed by atoms with Gasteiger partial charge in [-0.15, -0.1) is 0 Å². The molecule has 10 nitrogen and oxygen atoms in total. The first-order valence-electron chi connectivity index (χ1n) is 14.4. The number of thiazole rings is 1. The van der Waals surface area contributed by atoms with Crippen LogP contribution >= 0.6 is 11.3 Å². The molecule has 44 heavy (non-hydrogen) atoms. The maximum Gasteiger partial charge on any atom is 0.283 e. The highest BCUT2D eigenvalue weighted by Crippen LogP contribution is 2.43. The molecule has 0 unspecified atom stereocenters. The molecule has 0 spiro atoms. The molecular formula is C31H30F2N8O2S. The molecular weight excluding hydrogens is 586 g/mol. The molecule has 7 rings (SSSR count). The van der Waals surface area contributed by atoms with Crippen molar-refractivity contribution in [1.29, 1.82) is 0 Å². The van der Waals surface area contributed by atoms with Crippen molar-refractivity contribution in [2.75, 3.05) is 35.7 Å². The van der Waals surface area contributed by atoms with Crippen molar-refractivity contribution in [2.24, 2.45) is 0 Å². The Balaban J connectivity index is 1.65. The van der Waals surface area contributed by atoms with Gasteiger partial charge in [-0.1, -0.05) is 25.2 Å². The van der Waals surface area contributed by atoms with Crippen LogP contribution in [0.3, 0.4) is 0 Å². The van der Waals surface area contributed by atoms with Crippen LogP contribution in [0.2, 0.25) is 0 Å². The SMILES string of the molecule is Cc1ccnc(C(C)C)c1-n1c(=O)c2c(c3cc(F)c(-c4ccc(F)c5sc(N)nc45)nc31)N1C[C@@H](C)NC[C@@H]1C(=O)N2C. The van der Waals surface area contributed by atoms with Crippen LogP contribution in [-0.2, 0) is 4.79 Å². The van der Waals surface area contributed by atoms with Crippen molar-refractivity contribution in [3.63, 3.8) is 0 Å². The quantitative estimate of drug-likeness (QED) is 0.304. The number of rotatable bonds is 3. The van der Waals surface area contributed by atoms with E-state index in [1.54, 1.807) is 19.3 Å². The van der Waals surface area contributed by atoms with Gasteiger partial charge in [0.05, 0.1) is 27.3 Å². The smallest absolute Gasteiger partial charge is 0.283 e. The normalized spacial score (nSPS) is 18.4. The number of aromatic nitrogens is 4. The van der Waals surface area contributed by atoms with Crippen molar-refractivity contribution in [2.45, 2.75) is 45.7 Å². The minimum Gasteiger partial charge on any atom is -0.375 e. The van der Waals surface area contributed by atoms with E-state index in [0.717, 1.165) is 16.9 Å². The van der Waals surface area contributed by atoms with Crippen LogP contribution in [0, 0.1) is 18.6 Å². The number of carbonyl (C=O) groups is 1. The van der Waals surface area contributed by atoms with Gasteiger partial charge in [0.1, 0.15) is 29.1 Å². The molecule has 0 bridgehead atoms. The third-order valence-electron chi connectivity index (χ3n) is 8.49. The Morgan fingerprint density at radius 1 is 1.09 bits per heavy atom. The van der Waals surface area contributed by atoms with E-state index >= 15 is 4.39 Å². The molecule has 1 amide bonds. The lowest BCUT2D eigenvalue weighted by molar-refractivity contribution is -0.120. The van der Waals surface area contributed by atoms with Crippen molar-refractivity contribution in [3.8, 4) is 16.9 Å². The zero-order valence-corrected chi connectivity index (χ0v) is 25.6. The van der Waals surface area contributed by atoms with Gasteiger partial charge in [-0.2, -0.15) is 0 Å². The molecule has 226 valence electrons. The van der Waals surface area contributed by atoms with Gasteiger partial charge in [-0.05, 0) is 49.6 Å². The van der Waals surface area contributed by atoms with Crippen LogP contribution in [0.15, 0.2) is 35.3 Å². The van der Waals surface area contributed by atoms with Gasteiger partial charge >= 0.3 is 0 Å². The predicted octanol–water partition coefficient (Wildman–Crippen LogP) is 4.49. The molecule has 6 heterocycles. The van der Waals surface area contributed by atoms with Crippen molar-refractivity contribution in [1.82, 2.24) is 24.8 Å². The second-order valence-electron chi connectivity index (χ2n) is 11.7. The Morgan fingerprint density at radius 3 is 2.61 bits per heavy atom. The fourth-order valence-electron chi connectivity index (χ4n) is 6.42. The summed E-state index contributed by atoms with van der Waals surface area (Å²) < 4.78 is 32.7. The van der Waals surface area contributed by atoms with Crippen LogP contribution < -0.4 is 26.4 Å². The number of benzene rings is 1. The average molecular weight is 617 g/mol. The maximum atomic E-state index is 16.4. The largest absolute Gasteiger partial charge is 0.375 e. The van der Waals surface area contributed by atoms with Crippen molar-refractivity contribution >= 4 is 55.0 Å². The zero-order chi connectivity index (χ0) is 31.2.